The molecule has 0 atom stereocenters. The molecule has 0 bridgehead atoms. The molecule has 0 unspecified atom stereocenters. The van der Waals surface area contributed by atoms with E-state index in [1.165, 1.54) is 18.2 Å². The van der Waals surface area contributed by atoms with E-state index in [1.807, 2.05) is 24.4 Å². The number of fused-ring (bicyclic) bond motifs is 1. The zero-order valence-corrected chi connectivity index (χ0v) is 10.4. The maximum absolute atomic E-state index is 9.66. The van der Waals surface area contributed by atoms with Crippen molar-refractivity contribution in [2.75, 3.05) is 11.9 Å². The first-order chi connectivity index (χ1) is 8.83. The van der Waals surface area contributed by atoms with Gasteiger partial charge in [0.25, 0.3) is 0 Å². The normalized spacial score (nSPS) is 18.1. The van der Waals surface area contributed by atoms with Gasteiger partial charge in [-0.15, -0.1) is 0 Å². The van der Waals surface area contributed by atoms with Crippen LogP contribution < -0.4 is 5.32 Å². The van der Waals surface area contributed by atoms with Crippen LogP contribution in [0.2, 0.25) is 0 Å². The molecule has 3 nitrogen and oxygen atoms in total. The van der Waals surface area contributed by atoms with Crippen LogP contribution in [0.5, 0.6) is 0 Å². The number of pyridine rings is 1. The molecule has 1 aliphatic rings. The highest BCUT2D eigenvalue weighted by molar-refractivity contribution is 5.91. The Balaban J connectivity index is 1.99. The van der Waals surface area contributed by atoms with Gasteiger partial charge >= 0.3 is 0 Å². The quantitative estimate of drug-likeness (QED) is 0.869. The maximum atomic E-state index is 9.66. The van der Waals surface area contributed by atoms with E-state index in [2.05, 4.69) is 22.4 Å². The number of nitrogens with one attached hydrogen (secondary N) is 1. The lowest BCUT2D eigenvalue weighted by Crippen LogP contribution is -2.39. The van der Waals surface area contributed by atoms with E-state index in [4.69, 9.17) is 0 Å². The molecule has 2 aromatic rings. The van der Waals surface area contributed by atoms with E-state index < -0.39 is 0 Å². The molecule has 0 saturated heterocycles. The fourth-order valence-corrected chi connectivity index (χ4v) is 2.84. The van der Waals surface area contributed by atoms with Gasteiger partial charge in [-0.2, -0.15) is 0 Å². The molecule has 1 aromatic heterocycles. The lowest BCUT2D eigenvalue weighted by Gasteiger charge is -2.29. The molecule has 1 aliphatic carbocycles. The number of rotatable bonds is 3. The summed E-state index contributed by atoms with van der Waals surface area (Å²) < 4.78 is 0. The Hall–Kier alpha value is -1.61. The summed E-state index contributed by atoms with van der Waals surface area (Å²) in [7, 11) is 0. The summed E-state index contributed by atoms with van der Waals surface area (Å²) in [5.74, 6) is 0.893. The first-order valence-electron chi connectivity index (χ1n) is 6.56. The Labute approximate surface area is 107 Å². The third-order valence-corrected chi connectivity index (χ3v) is 3.92. The average molecular weight is 242 g/mol. The van der Waals surface area contributed by atoms with E-state index >= 15 is 0 Å². The second-order valence-corrected chi connectivity index (χ2v) is 5.15. The topological polar surface area (TPSA) is 45.1 Å². The molecule has 1 heterocycles. The first-order valence-corrected chi connectivity index (χ1v) is 6.56. The van der Waals surface area contributed by atoms with Crippen molar-refractivity contribution in [3.63, 3.8) is 0 Å². The predicted molar refractivity (Wildman–Crippen MR) is 73.7 cm³/mol. The molecule has 0 radical (unpaired) electrons. The molecule has 18 heavy (non-hydrogen) atoms. The highest BCUT2D eigenvalue weighted by Gasteiger charge is 2.33. The SMILES string of the molecule is OCC1(Nc2nccc3ccccc23)CCCC1. The summed E-state index contributed by atoms with van der Waals surface area (Å²) in [5.41, 5.74) is -0.170. The van der Waals surface area contributed by atoms with E-state index in [9.17, 15) is 5.11 Å². The van der Waals surface area contributed by atoms with E-state index in [0.717, 1.165) is 24.0 Å². The van der Waals surface area contributed by atoms with Crippen LogP contribution in [0.3, 0.4) is 0 Å². The van der Waals surface area contributed by atoms with Crippen molar-refractivity contribution in [2.24, 2.45) is 0 Å². The summed E-state index contributed by atoms with van der Waals surface area (Å²) in [6, 6.07) is 10.2. The second-order valence-electron chi connectivity index (χ2n) is 5.15. The Morgan fingerprint density at radius 2 is 1.94 bits per heavy atom. The third kappa shape index (κ3) is 1.95. The Morgan fingerprint density at radius 3 is 2.72 bits per heavy atom. The summed E-state index contributed by atoms with van der Waals surface area (Å²) in [4.78, 5) is 4.44. The number of aromatic nitrogens is 1. The van der Waals surface area contributed by atoms with Crippen molar-refractivity contribution < 1.29 is 5.11 Å². The Bertz CT molecular complexity index is 542. The van der Waals surface area contributed by atoms with Crippen molar-refractivity contribution >= 4 is 16.6 Å². The summed E-state index contributed by atoms with van der Waals surface area (Å²) >= 11 is 0. The molecule has 3 heteroatoms. The van der Waals surface area contributed by atoms with E-state index in [1.54, 1.807) is 0 Å². The van der Waals surface area contributed by atoms with Crippen LogP contribution in [0.25, 0.3) is 10.8 Å². The van der Waals surface area contributed by atoms with Gasteiger partial charge in [0.15, 0.2) is 0 Å². The number of hydrogen-bond acceptors (Lipinski definition) is 3. The van der Waals surface area contributed by atoms with Crippen LogP contribution in [0.1, 0.15) is 25.7 Å². The number of hydrogen-bond donors (Lipinski definition) is 2. The van der Waals surface area contributed by atoms with E-state index in [0.29, 0.717) is 0 Å². The fourth-order valence-electron chi connectivity index (χ4n) is 2.84. The predicted octanol–water partition coefficient (Wildman–Crippen LogP) is 2.95. The Morgan fingerprint density at radius 1 is 1.17 bits per heavy atom. The minimum Gasteiger partial charge on any atom is -0.394 e. The molecule has 2 N–H and O–H groups in total. The molecule has 1 fully saturated rings. The molecule has 94 valence electrons. The second kappa shape index (κ2) is 4.58. The van der Waals surface area contributed by atoms with Crippen molar-refractivity contribution in [3.05, 3.63) is 36.5 Å². The first kappa shape index (κ1) is 11.5. The van der Waals surface area contributed by atoms with Crippen LogP contribution in [-0.4, -0.2) is 22.2 Å². The molecule has 1 saturated carbocycles. The van der Waals surface area contributed by atoms with Crippen molar-refractivity contribution in [2.45, 2.75) is 31.2 Å². The van der Waals surface area contributed by atoms with Gasteiger partial charge in [-0.25, -0.2) is 4.98 Å². The minimum atomic E-state index is -0.170. The lowest BCUT2D eigenvalue weighted by molar-refractivity contribution is 0.214. The van der Waals surface area contributed by atoms with Gasteiger partial charge in [0.05, 0.1) is 12.1 Å². The van der Waals surface area contributed by atoms with Gasteiger partial charge in [0.2, 0.25) is 0 Å². The van der Waals surface area contributed by atoms with Crippen LogP contribution in [0, 0.1) is 0 Å². The summed E-state index contributed by atoms with van der Waals surface area (Å²) in [5, 5.41) is 15.5. The van der Waals surface area contributed by atoms with Gasteiger partial charge < -0.3 is 10.4 Å². The van der Waals surface area contributed by atoms with E-state index in [-0.39, 0.29) is 12.1 Å². The lowest BCUT2D eigenvalue weighted by atomic mass is 9.98. The monoisotopic (exact) mass is 242 g/mol. The molecule has 1 aromatic carbocycles. The van der Waals surface area contributed by atoms with Gasteiger partial charge in [0, 0.05) is 11.6 Å². The number of anilines is 1. The number of aliphatic hydroxyl groups excluding tert-OH is 1. The van der Waals surface area contributed by atoms with Crippen LogP contribution >= 0.6 is 0 Å². The standard InChI is InChI=1S/C15H18N2O/c18-11-15(8-3-4-9-15)17-14-13-6-2-1-5-12(13)7-10-16-14/h1-2,5-7,10,18H,3-4,8-9,11H2,(H,16,17). The van der Waals surface area contributed by atoms with Gasteiger partial charge in [-0.1, -0.05) is 37.1 Å². The highest BCUT2D eigenvalue weighted by Crippen LogP contribution is 2.34. The number of aliphatic hydroxyl groups is 1. The molecule has 0 spiro atoms. The highest BCUT2D eigenvalue weighted by atomic mass is 16.3. The number of nitrogens with zero attached hydrogens (tertiary/aromatic N) is 1. The average Bonchev–Trinajstić information content (AvgIpc) is 2.88. The maximum Gasteiger partial charge on any atom is 0.134 e. The van der Waals surface area contributed by atoms with Crippen molar-refractivity contribution in [1.82, 2.24) is 4.98 Å². The zero-order chi connectivity index (χ0) is 12.4. The molecule has 0 aliphatic heterocycles. The largest absolute Gasteiger partial charge is 0.394 e. The summed E-state index contributed by atoms with van der Waals surface area (Å²) in [6.45, 7) is 0.178. The fraction of sp³-hybridized carbons (Fsp3) is 0.400. The van der Waals surface area contributed by atoms with Crippen LogP contribution in [0.4, 0.5) is 5.82 Å². The number of benzene rings is 1. The van der Waals surface area contributed by atoms with Gasteiger partial charge in [0.1, 0.15) is 5.82 Å². The van der Waals surface area contributed by atoms with Crippen LogP contribution in [-0.2, 0) is 0 Å². The molecular formula is C15H18N2O. The third-order valence-electron chi connectivity index (χ3n) is 3.92. The summed E-state index contributed by atoms with van der Waals surface area (Å²) in [6.07, 6.45) is 6.23. The molecular weight excluding hydrogens is 224 g/mol. The van der Waals surface area contributed by atoms with Gasteiger partial charge in [-0.3, -0.25) is 0 Å². The molecule has 0 amide bonds. The minimum absolute atomic E-state index is 0.170. The van der Waals surface area contributed by atoms with Crippen LogP contribution in [0.15, 0.2) is 36.5 Å². The smallest absolute Gasteiger partial charge is 0.134 e. The van der Waals surface area contributed by atoms with Crippen molar-refractivity contribution in [1.29, 1.82) is 0 Å². The van der Waals surface area contributed by atoms with Gasteiger partial charge in [-0.05, 0) is 24.3 Å². The molecule has 3 rings (SSSR count). The Kier molecular flexibility index (Phi) is 2.92. The van der Waals surface area contributed by atoms with Crippen molar-refractivity contribution in [3.8, 4) is 0 Å². The zero-order valence-electron chi connectivity index (χ0n) is 10.4.